The summed E-state index contributed by atoms with van der Waals surface area (Å²) in [6, 6.07) is 1.62. The number of hydrogen-bond donors (Lipinski definition) is 0. The van der Waals surface area contributed by atoms with Crippen molar-refractivity contribution in [2.24, 2.45) is 63.6 Å². The van der Waals surface area contributed by atoms with Gasteiger partial charge in [0.05, 0.1) is 0 Å². The topological polar surface area (TPSA) is 6.48 Å². The van der Waals surface area contributed by atoms with Crippen LogP contribution in [0.1, 0.15) is 112 Å². The molecule has 8 bridgehead atoms. The fraction of sp³-hybridized carbons (Fsp3) is 1.00. The van der Waals surface area contributed by atoms with Crippen LogP contribution in [0.15, 0.2) is 0 Å². The van der Waals surface area contributed by atoms with Crippen molar-refractivity contribution in [2.45, 2.75) is 130 Å². The third-order valence-electron chi connectivity index (χ3n) is 15.4. The Hall–Kier alpha value is -0.0800. The maximum absolute atomic E-state index is 2.70. The molecule has 2 saturated heterocycles. The Morgan fingerprint density at radius 3 is 1.31 bits per heavy atom. The first-order chi connectivity index (χ1) is 16.9. The van der Waals surface area contributed by atoms with Gasteiger partial charge < -0.3 is 4.90 Å². The Bertz CT molecular complexity index is 828. The predicted molar refractivity (Wildman–Crippen MR) is 151 cm³/mol. The summed E-state index contributed by atoms with van der Waals surface area (Å²) in [4.78, 5) is 5.37. The minimum atomic E-state index is 0.425. The molecule has 2 spiro atoms. The smallest absolute Gasteiger partial charge is 0.0159 e. The van der Waals surface area contributed by atoms with E-state index in [1.54, 1.807) is 64.2 Å². The molecule has 204 valence electrons. The van der Waals surface area contributed by atoms with E-state index in [-0.39, 0.29) is 0 Å². The maximum atomic E-state index is 2.70. The highest BCUT2D eigenvalue weighted by Crippen LogP contribution is 2.72. The average Bonchev–Trinajstić information content (AvgIpc) is 3.08. The van der Waals surface area contributed by atoms with E-state index in [1.807, 2.05) is 0 Å². The molecule has 36 heavy (non-hydrogen) atoms. The van der Waals surface area contributed by atoms with Crippen LogP contribution in [0.5, 0.6) is 0 Å². The zero-order valence-electron chi connectivity index (χ0n) is 25.2. The summed E-state index contributed by atoms with van der Waals surface area (Å²) in [6.07, 6.45) is 17.2. The quantitative estimate of drug-likeness (QED) is 0.340. The largest absolute Gasteiger partial charge is 0.303 e. The SMILES string of the molecule is CC1N(C)C(C)(C)CC12C1CC3CC(C1)CC2C3.CC1N(C)CC(C)(C)C12C1CC3CC(C1)CC2C3. The van der Waals surface area contributed by atoms with E-state index >= 15 is 0 Å². The van der Waals surface area contributed by atoms with Gasteiger partial charge in [-0.15, -0.1) is 0 Å². The van der Waals surface area contributed by atoms with Crippen molar-refractivity contribution in [2.75, 3.05) is 20.6 Å². The molecule has 2 unspecified atom stereocenters. The molecular formula is C34H58N2. The molecular weight excluding hydrogens is 436 g/mol. The van der Waals surface area contributed by atoms with Crippen LogP contribution in [0.4, 0.5) is 0 Å². The molecule has 8 saturated carbocycles. The van der Waals surface area contributed by atoms with E-state index in [2.05, 4.69) is 65.4 Å². The number of nitrogens with zero attached hydrogens (tertiary/aromatic N) is 2. The van der Waals surface area contributed by atoms with Gasteiger partial charge in [0.1, 0.15) is 0 Å². The van der Waals surface area contributed by atoms with E-state index in [4.69, 9.17) is 0 Å². The molecule has 2 heteroatoms. The van der Waals surface area contributed by atoms with Crippen molar-refractivity contribution in [1.82, 2.24) is 9.80 Å². The van der Waals surface area contributed by atoms with E-state index < -0.39 is 0 Å². The van der Waals surface area contributed by atoms with Gasteiger partial charge in [0.25, 0.3) is 0 Å². The van der Waals surface area contributed by atoms with Crippen molar-refractivity contribution >= 4 is 0 Å². The van der Waals surface area contributed by atoms with Crippen LogP contribution in [0.25, 0.3) is 0 Å². The second-order valence-corrected chi connectivity index (χ2v) is 17.4. The Labute approximate surface area is 223 Å². The van der Waals surface area contributed by atoms with Crippen molar-refractivity contribution in [3.8, 4) is 0 Å². The second kappa shape index (κ2) is 7.77. The molecule has 0 amide bonds. The van der Waals surface area contributed by atoms with Crippen LogP contribution in [-0.2, 0) is 0 Å². The summed E-state index contributed by atoms with van der Waals surface area (Å²) in [5, 5.41) is 0. The summed E-state index contributed by atoms with van der Waals surface area (Å²) in [5.41, 5.74) is 2.29. The monoisotopic (exact) mass is 494 g/mol. The molecule has 10 fully saturated rings. The van der Waals surface area contributed by atoms with Crippen molar-refractivity contribution in [3.05, 3.63) is 0 Å². The standard InChI is InChI=1S/2C17H29N/c1-11-17(16(2,3)10-18(11)4)14-6-12-5-13(8-14)9-15(17)7-12;1-11-17(10-16(2,3)18(11)4)14-6-12-5-13(8-14)9-15(17)7-12/h2*11-15H,5-10H2,1-4H3. The minimum Gasteiger partial charge on any atom is -0.303 e. The van der Waals surface area contributed by atoms with Crippen LogP contribution < -0.4 is 0 Å². The number of likely N-dealkylation sites (tertiary alicyclic amines) is 2. The van der Waals surface area contributed by atoms with Gasteiger partial charge in [-0.2, -0.15) is 0 Å². The van der Waals surface area contributed by atoms with Gasteiger partial charge in [0.2, 0.25) is 0 Å². The maximum Gasteiger partial charge on any atom is 0.0159 e. The molecule has 0 aromatic rings. The average molecular weight is 495 g/mol. The second-order valence-electron chi connectivity index (χ2n) is 17.4. The molecule has 0 aromatic heterocycles. The number of hydrogen-bond acceptors (Lipinski definition) is 2. The first kappa shape index (κ1) is 24.9. The molecule has 2 atom stereocenters. The Balaban J connectivity index is 0.000000122. The molecule has 2 nitrogen and oxygen atoms in total. The lowest BCUT2D eigenvalue weighted by Gasteiger charge is -2.66. The fourth-order valence-corrected chi connectivity index (χ4v) is 14.5. The van der Waals surface area contributed by atoms with E-state index in [1.165, 1.54) is 13.0 Å². The van der Waals surface area contributed by atoms with E-state index in [9.17, 15) is 0 Å². The molecule has 2 aliphatic heterocycles. The zero-order valence-corrected chi connectivity index (χ0v) is 25.2. The third kappa shape index (κ3) is 3.04. The summed E-state index contributed by atoms with van der Waals surface area (Å²) < 4.78 is 0. The lowest BCUT2D eigenvalue weighted by atomic mass is 9.39. The fourth-order valence-electron chi connectivity index (χ4n) is 14.5. The van der Waals surface area contributed by atoms with E-state index in [0.717, 1.165) is 59.4 Å². The Kier molecular flexibility index (Phi) is 5.38. The van der Waals surface area contributed by atoms with E-state index in [0.29, 0.717) is 21.8 Å². The highest BCUT2D eigenvalue weighted by Gasteiger charge is 2.68. The molecule has 0 N–H and O–H groups in total. The molecule has 0 radical (unpaired) electrons. The van der Waals surface area contributed by atoms with Crippen LogP contribution in [0, 0.1) is 63.6 Å². The lowest BCUT2D eigenvalue weighted by Crippen LogP contribution is -2.61. The highest BCUT2D eigenvalue weighted by atomic mass is 15.2. The zero-order chi connectivity index (χ0) is 25.4. The molecule has 10 aliphatic rings. The molecule has 8 aliphatic carbocycles. The van der Waals surface area contributed by atoms with Gasteiger partial charge >= 0.3 is 0 Å². The minimum absolute atomic E-state index is 0.425. The van der Waals surface area contributed by atoms with Gasteiger partial charge in [-0.05, 0) is 176 Å². The van der Waals surface area contributed by atoms with Crippen molar-refractivity contribution < 1.29 is 0 Å². The van der Waals surface area contributed by atoms with Gasteiger partial charge in [0, 0.05) is 24.2 Å². The number of rotatable bonds is 0. The molecule has 10 rings (SSSR count). The Morgan fingerprint density at radius 2 is 0.972 bits per heavy atom. The summed E-state index contributed by atoms with van der Waals surface area (Å²) >= 11 is 0. The summed E-state index contributed by atoms with van der Waals surface area (Å²) in [6.45, 7) is 16.5. The van der Waals surface area contributed by atoms with Crippen molar-refractivity contribution in [3.63, 3.8) is 0 Å². The highest BCUT2D eigenvalue weighted by molar-refractivity contribution is 5.19. The first-order valence-corrected chi connectivity index (χ1v) is 16.3. The summed E-state index contributed by atoms with van der Waals surface area (Å²) in [5.74, 6) is 8.64. The van der Waals surface area contributed by atoms with Gasteiger partial charge in [-0.3, -0.25) is 4.90 Å². The predicted octanol–water partition coefficient (Wildman–Crippen LogP) is 7.72. The van der Waals surface area contributed by atoms with Crippen LogP contribution in [0.2, 0.25) is 0 Å². The van der Waals surface area contributed by atoms with Crippen LogP contribution in [0.3, 0.4) is 0 Å². The Morgan fingerprint density at radius 1 is 0.556 bits per heavy atom. The van der Waals surface area contributed by atoms with Gasteiger partial charge in [0.15, 0.2) is 0 Å². The molecule has 2 heterocycles. The normalized spacial score (nSPS) is 57.7. The third-order valence-corrected chi connectivity index (χ3v) is 15.4. The molecule has 0 aromatic carbocycles. The first-order valence-electron chi connectivity index (χ1n) is 16.3. The van der Waals surface area contributed by atoms with Gasteiger partial charge in [-0.1, -0.05) is 13.8 Å². The summed E-state index contributed by atoms with van der Waals surface area (Å²) in [7, 11) is 4.75. The van der Waals surface area contributed by atoms with Crippen LogP contribution in [-0.4, -0.2) is 48.1 Å². The van der Waals surface area contributed by atoms with Gasteiger partial charge in [-0.25, -0.2) is 0 Å². The van der Waals surface area contributed by atoms with Crippen LogP contribution >= 0.6 is 0 Å². The van der Waals surface area contributed by atoms with Crippen molar-refractivity contribution in [1.29, 1.82) is 0 Å². The lowest BCUT2D eigenvalue weighted by molar-refractivity contribution is -0.162.